The first-order chi connectivity index (χ1) is 11.2. The number of aromatic carboxylic acids is 1. The Hall–Kier alpha value is -2.06. The van der Waals surface area contributed by atoms with Crippen LogP contribution in [0.5, 0.6) is 0 Å². The number of nitrogens with zero attached hydrogens (tertiary/aromatic N) is 2. The number of hydrogen-bond donors (Lipinski definition) is 1. The van der Waals surface area contributed by atoms with Gasteiger partial charge in [0.1, 0.15) is 6.73 Å². The van der Waals surface area contributed by atoms with Crippen molar-refractivity contribution in [2.75, 3.05) is 6.61 Å². The second kappa shape index (κ2) is 7.23. The van der Waals surface area contributed by atoms with E-state index < -0.39 is 31.2 Å². The first kappa shape index (κ1) is 18.3. The summed E-state index contributed by atoms with van der Waals surface area (Å²) in [5.74, 6) is -4.09. The molecule has 0 spiro atoms. The summed E-state index contributed by atoms with van der Waals surface area (Å²) in [5.41, 5.74) is -0.374. The molecular formula is C16H20F2N2O3Si. The monoisotopic (exact) mass is 354 g/mol. The van der Waals surface area contributed by atoms with Crippen LogP contribution in [0.2, 0.25) is 25.7 Å². The second-order valence-electron chi connectivity index (χ2n) is 6.71. The van der Waals surface area contributed by atoms with Gasteiger partial charge in [-0.2, -0.15) is 5.10 Å². The third kappa shape index (κ3) is 4.48. The molecular weight excluding hydrogens is 334 g/mol. The van der Waals surface area contributed by atoms with Gasteiger partial charge in [0, 0.05) is 32.0 Å². The highest BCUT2D eigenvalue weighted by Gasteiger charge is 2.19. The van der Waals surface area contributed by atoms with E-state index in [2.05, 4.69) is 24.7 Å². The molecule has 0 aliphatic rings. The summed E-state index contributed by atoms with van der Waals surface area (Å²) in [6, 6.07) is 3.30. The van der Waals surface area contributed by atoms with E-state index in [1.807, 2.05) is 0 Å². The Morgan fingerprint density at radius 1 is 1.29 bits per heavy atom. The van der Waals surface area contributed by atoms with Crippen molar-refractivity contribution in [3.63, 3.8) is 0 Å². The van der Waals surface area contributed by atoms with Crippen LogP contribution in [0.4, 0.5) is 8.78 Å². The SMILES string of the molecule is C[Si](C)(C)CCOCn1cc(-c2ccc(C(=O)O)c(F)c2F)cn1. The van der Waals surface area contributed by atoms with Gasteiger partial charge in [-0.1, -0.05) is 25.7 Å². The van der Waals surface area contributed by atoms with Crippen LogP contribution in [0.15, 0.2) is 24.5 Å². The van der Waals surface area contributed by atoms with Crippen molar-refractivity contribution in [2.24, 2.45) is 0 Å². The second-order valence-corrected chi connectivity index (χ2v) is 12.3. The number of rotatable bonds is 7. The maximum atomic E-state index is 14.1. The molecule has 5 nitrogen and oxygen atoms in total. The number of ether oxygens (including phenoxy) is 1. The molecule has 0 radical (unpaired) electrons. The van der Waals surface area contributed by atoms with Crippen LogP contribution in [0.3, 0.4) is 0 Å². The molecule has 2 rings (SSSR count). The van der Waals surface area contributed by atoms with Gasteiger partial charge >= 0.3 is 5.97 Å². The van der Waals surface area contributed by atoms with Crippen LogP contribution in [-0.2, 0) is 11.5 Å². The van der Waals surface area contributed by atoms with Crippen LogP contribution in [-0.4, -0.2) is 35.5 Å². The Bertz CT molecular complexity index is 741. The van der Waals surface area contributed by atoms with Crippen LogP contribution in [0.25, 0.3) is 11.1 Å². The Balaban J connectivity index is 2.08. The molecule has 0 aliphatic carbocycles. The average molecular weight is 354 g/mol. The van der Waals surface area contributed by atoms with Crippen LogP contribution in [0.1, 0.15) is 10.4 Å². The van der Waals surface area contributed by atoms with E-state index in [4.69, 9.17) is 9.84 Å². The number of hydrogen-bond acceptors (Lipinski definition) is 3. The Morgan fingerprint density at radius 2 is 2.00 bits per heavy atom. The summed E-state index contributed by atoms with van der Waals surface area (Å²) in [5, 5.41) is 12.8. The Kier molecular flexibility index (Phi) is 5.50. The number of aromatic nitrogens is 2. The topological polar surface area (TPSA) is 64.3 Å². The smallest absolute Gasteiger partial charge is 0.338 e. The van der Waals surface area contributed by atoms with E-state index in [1.54, 1.807) is 0 Å². The maximum absolute atomic E-state index is 14.1. The van der Waals surface area contributed by atoms with Crippen molar-refractivity contribution in [1.29, 1.82) is 0 Å². The summed E-state index contributed by atoms with van der Waals surface area (Å²) < 4.78 is 34.8. The van der Waals surface area contributed by atoms with Crippen molar-refractivity contribution in [1.82, 2.24) is 9.78 Å². The molecule has 0 amide bonds. The highest BCUT2D eigenvalue weighted by Crippen LogP contribution is 2.26. The quantitative estimate of drug-likeness (QED) is 0.606. The van der Waals surface area contributed by atoms with Crippen molar-refractivity contribution in [3.8, 4) is 11.1 Å². The lowest BCUT2D eigenvalue weighted by atomic mass is 10.1. The zero-order chi connectivity index (χ0) is 17.9. The van der Waals surface area contributed by atoms with Crippen molar-refractivity contribution in [3.05, 3.63) is 41.7 Å². The predicted octanol–water partition coefficient (Wildman–Crippen LogP) is 3.84. The summed E-state index contributed by atoms with van der Waals surface area (Å²) in [6.07, 6.45) is 2.92. The third-order valence-electron chi connectivity index (χ3n) is 3.48. The lowest BCUT2D eigenvalue weighted by molar-refractivity contribution is 0.0690. The highest BCUT2D eigenvalue weighted by atomic mass is 28.3. The zero-order valence-electron chi connectivity index (χ0n) is 13.8. The fourth-order valence-corrected chi connectivity index (χ4v) is 2.80. The number of benzene rings is 1. The molecule has 1 aromatic carbocycles. The zero-order valence-corrected chi connectivity index (χ0v) is 14.8. The molecule has 130 valence electrons. The normalized spacial score (nSPS) is 11.7. The molecule has 0 aliphatic heterocycles. The standard InChI is InChI=1S/C16H20F2N2O3Si/c1-24(2,3)7-6-23-10-20-9-11(8-19-20)12-4-5-13(16(21)22)15(18)14(12)17/h4-5,8-9H,6-7,10H2,1-3H3,(H,21,22). The van der Waals surface area contributed by atoms with Gasteiger partial charge in [0.25, 0.3) is 0 Å². The van der Waals surface area contributed by atoms with Gasteiger partial charge in [-0.25, -0.2) is 18.3 Å². The molecule has 0 bridgehead atoms. The van der Waals surface area contributed by atoms with Crippen molar-refractivity contribution < 1.29 is 23.4 Å². The lowest BCUT2D eigenvalue weighted by Crippen LogP contribution is -2.22. The van der Waals surface area contributed by atoms with E-state index >= 15 is 0 Å². The summed E-state index contributed by atoms with van der Waals surface area (Å²) in [6.45, 7) is 7.60. The van der Waals surface area contributed by atoms with Gasteiger partial charge in [-0.05, 0) is 12.1 Å². The van der Waals surface area contributed by atoms with Gasteiger partial charge in [0.15, 0.2) is 11.6 Å². The Labute approximate surface area is 139 Å². The van der Waals surface area contributed by atoms with Gasteiger partial charge < -0.3 is 9.84 Å². The molecule has 8 heteroatoms. The van der Waals surface area contributed by atoms with Crippen molar-refractivity contribution in [2.45, 2.75) is 32.4 Å². The van der Waals surface area contributed by atoms with Gasteiger partial charge in [0.05, 0.1) is 11.8 Å². The lowest BCUT2D eigenvalue weighted by Gasteiger charge is -2.15. The van der Waals surface area contributed by atoms with Crippen LogP contribution in [0, 0.1) is 11.6 Å². The van der Waals surface area contributed by atoms with E-state index in [0.717, 1.165) is 12.1 Å². The number of halogens is 2. The molecule has 0 fully saturated rings. The minimum Gasteiger partial charge on any atom is -0.478 e. The number of carboxylic acid groups (broad SMARTS) is 1. The fourth-order valence-electron chi connectivity index (χ4n) is 2.05. The molecule has 0 atom stereocenters. The molecule has 0 unspecified atom stereocenters. The summed E-state index contributed by atoms with van der Waals surface area (Å²) in [7, 11) is -1.17. The molecule has 1 heterocycles. The predicted molar refractivity (Wildman–Crippen MR) is 88.6 cm³/mol. The molecule has 1 aromatic heterocycles. The minimum atomic E-state index is -1.51. The van der Waals surface area contributed by atoms with Gasteiger partial charge in [-0.15, -0.1) is 0 Å². The van der Waals surface area contributed by atoms with Crippen LogP contribution < -0.4 is 0 Å². The summed E-state index contributed by atoms with van der Waals surface area (Å²) >= 11 is 0. The van der Waals surface area contributed by atoms with Gasteiger partial charge in [0.2, 0.25) is 0 Å². The minimum absolute atomic E-state index is 0.0363. The van der Waals surface area contributed by atoms with E-state index in [-0.39, 0.29) is 12.3 Å². The first-order valence-corrected chi connectivity index (χ1v) is 11.2. The molecule has 24 heavy (non-hydrogen) atoms. The largest absolute Gasteiger partial charge is 0.478 e. The number of carbonyl (C=O) groups is 1. The summed E-state index contributed by atoms with van der Waals surface area (Å²) in [4.78, 5) is 10.8. The van der Waals surface area contributed by atoms with E-state index in [1.165, 1.54) is 23.1 Å². The average Bonchev–Trinajstić information content (AvgIpc) is 2.93. The van der Waals surface area contributed by atoms with Crippen LogP contribution >= 0.6 is 0 Å². The van der Waals surface area contributed by atoms with E-state index in [9.17, 15) is 13.6 Å². The Morgan fingerprint density at radius 3 is 2.62 bits per heavy atom. The van der Waals surface area contributed by atoms with E-state index in [0.29, 0.717) is 12.2 Å². The third-order valence-corrected chi connectivity index (χ3v) is 5.18. The van der Waals surface area contributed by atoms with Gasteiger partial charge in [-0.3, -0.25) is 0 Å². The maximum Gasteiger partial charge on any atom is 0.338 e. The first-order valence-electron chi connectivity index (χ1n) is 7.51. The molecule has 1 N–H and O–H groups in total. The molecule has 2 aromatic rings. The highest BCUT2D eigenvalue weighted by molar-refractivity contribution is 6.76. The molecule has 0 saturated heterocycles. The number of carboxylic acids is 1. The molecule has 0 saturated carbocycles. The van der Waals surface area contributed by atoms with Crippen molar-refractivity contribution >= 4 is 14.0 Å². The fraction of sp³-hybridized carbons (Fsp3) is 0.375.